The predicted molar refractivity (Wildman–Crippen MR) is 150 cm³/mol. The molecule has 0 bridgehead atoms. The van der Waals surface area contributed by atoms with E-state index in [1.54, 1.807) is 13.8 Å². The molecule has 0 amide bonds. The van der Waals surface area contributed by atoms with Crippen LogP contribution in [0, 0.1) is 12.3 Å². The van der Waals surface area contributed by atoms with Gasteiger partial charge in [0.2, 0.25) is 5.95 Å². The van der Waals surface area contributed by atoms with Crippen molar-refractivity contribution in [3.8, 4) is 0 Å². The summed E-state index contributed by atoms with van der Waals surface area (Å²) in [6, 6.07) is 2.20. The third-order valence-electron chi connectivity index (χ3n) is 6.76. The van der Waals surface area contributed by atoms with Gasteiger partial charge in [0.05, 0.1) is 18.4 Å². The lowest BCUT2D eigenvalue weighted by atomic mass is 9.70. The van der Waals surface area contributed by atoms with E-state index < -0.39 is 40.3 Å². The van der Waals surface area contributed by atoms with Crippen LogP contribution in [0.5, 0.6) is 0 Å². The summed E-state index contributed by atoms with van der Waals surface area (Å²) in [5.74, 6) is -1.45. The number of methoxy groups -OCH3 is 1. The van der Waals surface area contributed by atoms with Gasteiger partial charge in [-0.2, -0.15) is 30.9 Å². The lowest BCUT2D eigenvalue weighted by molar-refractivity contribution is -0.0436. The highest BCUT2D eigenvalue weighted by Crippen LogP contribution is 2.37. The number of hydrogen-bond donors (Lipinski definition) is 1. The largest absolute Gasteiger partial charge is 0.517 e. The van der Waals surface area contributed by atoms with Gasteiger partial charge < -0.3 is 19.4 Å². The summed E-state index contributed by atoms with van der Waals surface area (Å²) >= 11 is 0. The molecule has 0 spiro atoms. The van der Waals surface area contributed by atoms with Crippen LogP contribution >= 0.6 is 0 Å². The van der Waals surface area contributed by atoms with Crippen LogP contribution in [-0.2, 0) is 30.5 Å². The zero-order valence-electron chi connectivity index (χ0n) is 24.3. The van der Waals surface area contributed by atoms with Crippen LogP contribution in [0.1, 0.15) is 68.9 Å². The van der Waals surface area contributed by atoms with E-state index in [0.717, 1.165) is 13.2 Å². The van der Waals surface area contributed by atoms with Gasteiger partial charge in [0, 0.05) is 41.9 Å². The summed E-state index contributed by atoms with van der Waals surface area (Å²) in [5, 5.41) is 3.14. The first-order valence-corrected chi connectivity index (χ1v) is 14.7. The fourth-order valence-electron chi connectivity index (χ4n) is 4.35. The molecule has 2 heterocycles. The molecule has 41 heavy (non-hydrogen) atoms. The molecule has 0 radical (unpaired) electrons. The van der Waals surface area contributed by atoms with Gasteiger partial charge in [0.15, 0.2) is 0 Å². The highest BCUT2D eigenvalue weighted by molar-refractivity contribution is 7.94. The molecule has 1 aromatic heterocycles. The van der Waals surface area contributed by atoms with Crippen molar-refractivity contribution in [3.63, 3.8) is 0 Å². The number of carbonyl (C=O) groups is 1. The number of alkyl halides is 3. The number of aromatic nitrogens is 2. The molecule has 15 heteroatoms. The summed E-state index contributed by atoms with van der Waals surface area (Å²) in [4.78, 5) is 21.1. The van der Waals surface area contributed by atoms with Crippen molar-refractivity contribution in [2.75, 3.05) is 29.9 Å². The van der Waals surface area contributed by atoms with Gasteiger partial charge in [-0.15, -0.1) is 0 Å². The average Bonchev–Trinajstić information content (AvgIpc) is 2.91. The summed E-state index contributed by atoms with van der Waals surface area (Å²) in [5.41, 5.74) is -5.59. The monoisotopic (exact) mass is 600 g/mol. The molecule has 1 saturated heterocycles. The van der Waals surface area contributed by atoms with Crippen molar-refractivity contribution in [1.29, 1.82) is 0 Å². The molecule has 1 N–H and O–H groups in total. The molecule has 0 unspecified atom stereocenters. The van der Waals surface area contributed by atoms with E-state index in [4.69, 9.17) is 14.0 Å². The Kier molecular flexibility index (Phi) is 9.97. The van der Waals surface area contributed by atoms with Gasteiger partial charge in [0.25, 0.3) is 0 Å². The Morgan fingerprint density at radius 2 is 1.80 bits per heavy atom. The third kappa shape index (κ3) is 6.95. The second-order valence-corrected chi connectivity index (χ2v) is 12.4. The van der Waals surface area contributed by atoms with Gasteiger partial charge in [-0.25, -0.2) is 9.78 Å². The molecule has 226 valence electrons. The van der Waals surface area contributed by atoms with Crippen LogP contribution in [0.15, 0.2) is 18.3 Å². The Hall–Kier alpha value is -2.91. The van der Waals surface area contributed by atoms with Crippen molar-refractivity contribution in [1.82, 2.24) is 9.97 Å². The number of ether oxygens (including phenoxy) is 1. The van der Waals surface area contributed by atoms with Crippen molar-refractivity contribution in [2.45, 2.75) is 72.4 Å². The number of sulfonamides is 1. The van der Waals surface area contributed by atoms with E-state index in [1.807, 2.05) is 27.7 Å². The average molecular weight is 600 g/mol. The van der Waals surface area contributed by atoms with Crippen LogP contribution in [0.2, 0.25) is 0 Å². The fourth-order valence-corrected chi connectivity index (χ4v) is 5.24. The number of aryl methyl sites for hydroxylation is 2. The normalized spacial score (nSPS) is 15.6. The van der Waals surface area contributed by atoms with Gasteiger partial charge in [-0.3, -0.25) is 0 Å². The first-order chi connectivity index (χ1) is 19.1. The van der Waals surface area contributed by atoms with E-state index in [2.05, 4.69) is 15.3 Å². The molecule has 1 fully saturated rings. The lowest BCUT2D eigenvalue weighted by Crippen LogP contribution is -2.50. The SMILES string of the molecule is CCc1cc(N(c2ncc(C)c(NC(CC)CC)n2)S(=O)(=O)C(F)(F)F)cc(C(=O)OC)c1B1OCC(C)(C)CO1. The first kappa shape index (κ1) is 32.6. The number of hydrogen-bond acceptors (Lipinski definition) is 9. The maximum atomic E-state index is 14.1. The second kappa shape index (κ2) is 12.5. The number of esters is 1. The van der Waals surface area contributed by atoms with Gasteiger partial charge in [-0.05, 0) is 43.9 Å². The van der Waals surface area contributed by atoms with Gasteiger partial charge in [0.1, 0.15) is 5.82 Å². The van der Waals surface area contributed by atoms with Crippen LogP contribution in [0.25, 0.3) is 0 Å². The van der Waals surface area contributed by atoms with E-state index in [1.165, 1.54) is 12.3 Å². The number of halogens is 3. The molecule has 2 aromatic rings. The van der Waals surface area contributed by atoms with Gasteiger partial charge in [-0.1, -0.05) is 34.6 Å². The predicted octanol–water partition coefficient (Wildman–Crippen LogP) is 4.49. The minimum absolute atomic E-state index is 0.00555. The summed E-state index contributed by atoms with van der Waals surface area (Å²) in [6.07, 6.45) is 2.85. The standard InChI is InChI=1S/C26H36BF3N4O6S/c1-8-17-11-19(12-20(23(35)38-7)21(17)27-39-14-25(5,6)15-40-27)34(41(36,37)26(28,29)30)24-31-13-16(4)22(33-24)32-18(9-2)10-3/h11-13,18H,8-10,14-15H2,1-7H3,(H,31,32,33). The Morgan fingerprint density at radius 3 is 2.32 bits per heavy atom. The molecule has 1 aromatic carbocycles. The van der Waals surface area contributed by atoms with E-state index in [0.29, 0.717) is 37.2 Å². The summed E-state index contributed by atoms with van der Waals surface area (Å²) < 4.78 is 85.0. The highest BCUT2D eigenvalue weighted by Gasteiger charge is 2.52. The van der Waals surface area contributed by atoms with Crippen LogP contribution in [0.4, 0.5) is 30.6 Å². The Morgan fingerprint density at radius 1 is 1.20 bits per heavy atom. The molecule has 1 aliphatic heterocycles. The van der Waals surface area contributed by atoms with Crippen LogP contribution in [0.3, 0.4) is 0 Å². The maximum Gasteiger partial charge on any atom is 0.517 e. The Labute approximate surface area is 239 Å². The van der Waals surface area contributed by atoms with E-state index in [9.17, 15) is 26.4 Å². The molecule has 0 atom stereocenters. The minimum atomic E-state index is -6.08. The number of benzene rings is 1. The van der Waals surface area contributed by atoms with Crippen LogP contribution < -0.4 is 15.1 Å². The van der Waals surface area contributed by atoms with E-state index in [-0.39, 0.29) is 39.0 Å². The summed E-state index contributed by atoms with van der Waals surface area (Å²) in [7, 11) is -5.98. The Balaban J connectivity index is 2.29. The molecular weight excluding hydrogens is 564 g/mol. The molecular formula is C26H36BF3N4O6S. The topological polar surface area (TPSA) is 120 Å². The first-order valence-electron chi connectivity index (χ1n) is 13.3. The van der Waals surface area contributed by atoms with Gasteiger partial charge >= 0.3 is 28.6 Å². The van der Waals surface area contributed by atoms with E-state index >= 15 is 0 Å². The van der Waals surface area contributed by atoms with Crippen LogP contribution in [-0.4, -0.2) is 63.3 Å². The van der Waals surface area contributed by atoms with Crippen molar-refractivity contribution in [2.24, 2.45) is 5.41 Å². The molecule has 0 saturated carbocycles. The zero-order chi connectivity index (χ0) is 30.8. The number of nitrogens with one attached hydrogen (secondary N) is 1. The maximum absolute atomic E-state index is 14.1. The van der Waals surface area contributed by atoms with Crippen molar-refractivity contribution in [3.05, 3.63) is 35.0 Å². The van der Waals surface area contributed by atoms with Crippen molar-refractivity contribution >= 4 is 46.0 Å². The van der Waals surface area contributed by atoms with Crippen molar-refractivity contribution < 1.29 is 40.4 Å². The highest BCUT2D eigenvalue weighted by atomic mass is 32.2. The fraction of sp³-hybridized carbons (Fsp3) is 0.577. The second-order valence-electron chi connectivity index (χ2n) is 10.6. The molecule has 3 rings (SSSR count). The smallest absolute Gasteiger partial charge is 0.465 e. The molecule has 10 nitrogen and oxygen atoms in total. The number of anilines is 3. The quantitative estimate of drug-likeness (QED) is 0.311. The molecule has 1 aliphatic rings. The number of rotatable bonds is 10. The molecule has 0 aliphatic carbocycles. The number of carbonyl (C=O) groups excluding carboxylic acids is 1. The summed E-state index contributed by atoms with van der Waals surface area (Å²) in [6.45, 7) is 11.7. The Bertz CT molecular complexity index is 1360. The minimum Gasteiger partial charge on any atom is -0.465 e. The third-order valence-corrected chi connectivity index (χ3v) is 8.20. The lowest BCUT2D eigenvalue weighted by Gasteiger charge is -2.34. The zero-order valence-corrected chi connectivity index (χ0v) is 25.1. The number of nitrogens with zero attached hydrogens (tertiary/aromatic N) is 3.